The molecule has 1 aromatic carbocycles. The molecule has 0 bridgehead atoms. The molecular formula is C13H16N2. The van der Waals surface area contributed by atoms with Crippen LogP contribution in [0.5, 0.6) is 0 Å². The van der Waals surface area contributed by atoms with Crippen molar-refractivity contribution >= 4 is 17.0 Å². The van der Waals surface area contributed by atoms with Crippen LogP contribution in [0.15, 0.2) is 36.5 Å². The van der Waals surface area contributed by atoms with Gasteiger partial charge in [-0.05, 0) is 36.7 Å². The lowest BCUT2D eigenvalue weighted by Gasteiger charge is -1.97. The third-order valence-corrected chi connectivity index (χ3v) is 2.55. The van der Waals surface area contributed by atoms with Gasteiger partial charge < -0.3 is 10.3 Å². The molecule has 0 aliphatic heterocycles. The third-order valence-electron chi connectivity index (χ3n) is 2.55. The first-order valence-electron chi connectivity index (χ1n) is 5.23. The van der Waals surface area contributed by atoms with Crippen LogP contribution in [0.3, 0.4) is 0 Å². The van der Waals surface area contributed by atoms with Gasteiger partial charge in [-0.3, -0.25) is 0 Å². The fraction of sp³-hybridized carbons (Fsp3) is 0.231. The average molecular weight is 200 g/mol. The van der Waals surface area contributed by atoms with Crippen molar-refractivity contribution in [1.29, 1.82) is 0 Å². The van der Waals surface area contributed by atoms with E-state index in [-0.39, 0.29) is 0 Å². The SMILES string of the molecule is Cn1ccc2cc(C=CCCN)ccc21. The molecule has 0 aliphatic carbocycles. The lowest BCUT2D eigenvalue weighted by atomic mass is 10.1. The highest BCUT2D eigenvalue weighted by molar-refractivity contribution is 5.82. The van der Waals surface area contributed by atoms with Gasteiger partial charge in [-0.2, -0.15) is 0 Å². The van der Waals surface area contributed by atoms with E-state index in [1.807, 2.05) is 0 Å². The molecule has 0 aliphatic rings. The Hall–Kier alpha value is -1.54. The zero-order valence-corrected chi connectivity index (χ0v) is 8.98. The highest BCUT2D eigenvalue weighted by atomic mass is 14.9. The number of fused-ring (bicyclic) bond motifs is 1. The second-order valence-corrected chi connectivity index (χ2v) is 3.72. The van der Waals surface area contributed by atoms with Crippen molar-refractivity contribution in [2.45, 2.75) is 6.42 Å². The monoisotopic (exact) mass is 200 g/mol. The summed E-state index contributed by atoms with van der Waals surface area (Å²) in [6.45, 7) is 0.712. The van der Waals surface area contributed by atoms with E-state index in [2.05, 4.69) is 54.2 Å². The van der Waals surface area contributed by atoms with Crippen molar-refractivity contribution in [3.63, 3.8) is 0 Å². The van der Waals surface area contributed by atoms with Gasteiger partial charge >= 0.3 is 0 Å². The van der Waals surface area contributed by atoms with Gasteiger partial charge in [-0.1, -0.05) is 18.2 Å². The van der Waals surface area contributed by atoms with E-state index < -0.39 is 0 Å². The van der Waals surface area contributed by atoms with Crippen LogP contribution in [-0.4, -0.2) is 11.1 Å². The molecular weight excluding hydrogens is 184 g/mol. The molecule has 78 valence electrons. The number of aryl methyl sites for hydroxylation is 1. The van der Waals surface area contributed by atoms with E-state index >= 15 is 0 Å². The van der Waals surface area contributed by atoms with Crippen molar-refractivity contribution in [3.05, 3.63) is 42.1 Å². The fourth-order valence-corrected chi connectivity index (χ4v) is 1.72. The fourth-order valence-electron chi connectivity index (χ4n) is 1.72. The van der Waals surface area contributed by atoms with E-state index in [4.69, 9.17) is 5.73 Å². The largest absolute Gasteiger partial charge is 0.351 e. The molecule has 2 rings (SSSR count). The highest BCUT2D eigenvalue weighted by Crippen LogP contribution is 2.17. The Balaban J connectivity index is 2.31. The summed E-state index contributed by atoms with van der Waals surface area (Å²) in [6.07, 6.45) is 7.26. The quantitative estimate of drug-likeness (QED) is 0.811. The van der Waals surface area contributed by atoms with Crippen molar-refractivity contribution < 1.29 is 0 Å². The maximum Gasteiger partial charge on any atom is 0.0478 e. The summed E-state index contributed by atoms with van der Waals surface area (Å²) < 4.78 is 2.13. The van der Waals surface area contributed by atoms with Crippen molar-refractivity contribution in [3.8, 4) is 0 Å². The molecule has 1 heterocycles. The van der Waals surface area contributed by atoms with Crippen LogP contribution in [0.2, 0.25) is 0 Å². The van der Waals surface area contributed by atoms with Gasteiger partial charge in [0.25, 0.3) is 0 Å². The smallest absolute Gasteiger partial charge is 0.0478 e. The molecule has 0 saturated heterocycles. The van der Waals surface area contributed by atoms with Gasteiger partial charge in [0.1, 0.15) is 0 Å². The summed E-state index contributed by atoms with van der Waals surface area (Å²) in [7, 11) is 2.06. The lowest BCUT2D eigenvalue weighted by molar-refractivity contribution is 0.969. The summed E-state index contributed by atoms with van der Waals surface area (Å²) in [5, 5.41) is 1.28. The molecule has 2 N–H and O–H groups in total. The number of nitrogens with zero attached hydrogens (tertiary/aromatic N) is 1. The van der Waals surface area contributed by atoms with Gasteiger partial charge in [0, 0.05) is 24.1 Å². The van der Waals surface area contributed by atoms with Crippen LogP contribution < -0.4 is 5.73 Å². The first-order chi connectivity index (χ1) is 7.31. The number of nitrogens with two attached hydrogens (primary N) is 1. The Morgan fingerprint density at radius 1 is 1.33 bits per heavy atom. The maximum absolute atomic E-state index is 5.43. The topological polar surface area (TPSA) is 30.9 Å². The van der Waals surface area contributed by atoms with Crippen molar-refractivity contribution in [2.24, 2.45) is 12.8 Å². The summed E-state index contributed by atoms with van der Waals surface area (Å²) in [5.41, 5.74) is 7.94. The van der Waals surface area contributed by atoms with Crippen LogP contribution >= 0.6 is 0 Å². The summed E-state index contributed by atoms with van der Waals surface area (Å²) in [4.78, 5) is 0. The molecule has 15 heavy (non-hydrogen) atoms. The highest BCUT2D eigenvalue weighted by Gasteiger charge is 1.96. The number of aromatic nitrogens is 1. The summed E-state index contributed by atoms with van der Waals surface area (Å²) in [6, 6.07) is 8.62. The lowest BCUT2D eigenvalue weighted by Crippen LogP contribution is -1.94. The number of rotatable bonds is 3. The van der Waals surface area contributed by atoms with E-state index in [1.165, 1.54) is 16.5 Å². The number of hydrogen-bond acceptors (Lipinski definition) is 1. The molecule has 0 unspecified atom stereocenters. The molecule has 0 saturated carbocycles. The summed E-state index contributed by atoms with van der Waals surface area (Å²) in [5.74, 6) is 0. The minimum atomic E-state index is 0.712. The van der Waals surface area contributed by atoms with Crippen LogP contribution in [-0.2, 0) is 7.05 Å². The minimum Gasteiger partial charge on any atom is -0.351 e. The molecule has 2 nitrogen and oxygen atoms in total. The normalized spacial score (nSPS) is 11.6. The number of benzene rings is 1. The van der Waals surface area contributed by atoms with E-state index in [1.54, 1.807) is 0 Å². The van der Waals surface area contributed by atoms with Gasteiger partial charge in [-0.25, -0.2) is 0 Å². The van der Waals surface area contributed by atoms with Gasteiger partial charge in [0.15, 0.2) is 0 Å². The van der Waals surface area contributed by atoms with E-state index in [9.17, 15) is 0 Å². The minimum absolute atomic E-state index is 0.712. The Kier molecular flexibility index (Phi) is 2.88. The molecule has 1 aromatic heterocycles. The van der Waals surface area contributed by atoms with Gasteiger partial charge in [0.05, 0.1) is 0 Å². The van der Waals surface area contributed by atoms with Crippen LogP contribution in [0.1, 0.15) is 12.0 Å². The molecule has 0 radical (unpaired) electrons. The van der Waals surface area contributed by atoms with Crippen molar-refractivity contribution in [2.75, 3.05) is 6.54 Å². The standard InChI is InChI=1S/C13H16N2/c1-15-9-7-12-10-11(4-2-3-8-14)5-6-13(12)15/h2,4-7,9-10H,3,8,14H2,1H3. The second kappa shape index (κ2) is 4.32. The van der Waals surface area contributed by atoms with Crippen molar-refractivity contribution in [1.82, 2.24) is 4.57 Å². The first-order valence-corrected chi connectivity index (χ1v) is 5.23. The average Bonchev–Trinajstić information content (AvgIpc) is 2.61. The van der Waals surface area contributed by atoms with E-state index in [0.29, 0.717) is 6.54 Å². The summed E-state index contributed by atoms with van der Waals surface area (Å²) >= 11 is 0. The van der Waals surface area contributed by atoms with Crippen LogP contribution in [0.4, 0.5) is 0 Å². The molecule has 0 atom stereocenters. The molecule has 0 spiro atoms. The Bertz CT molecular complexity index is 480. The molecule has 0 amide bonds. The van der Waals surface area contributed by atoms with Gasteiger partial charge in [0.2, 0.25) is 0 Å². The molecule has 2 heteroatoms. The zero-order valence-electron chi connectivity index (χ0n) is 8.98. The molecule has 2 aromatic rings. The maximum atomic E-state index is 5.43. The van der Waals surface area contributed by atoms with Gasteiger partial charge in [-0.15, -0.1) is 0 Å². The second-order valence-electron chi connectivity index (χ2n) is 3.72. The Morgan fingerprint density at radius 3 is 3.00 bits per heavy atom. The predicted molar refractivity (Wildman–Crippen MR) is 65.6 cm³/mol. The Morgan fingerprint density at radius 2 is 2.20 bits per heavy atom. The predicted octanol–water partition coefficient (Wildman–Crippen LogP) is 2.54. The van der Waals surface area contributed by atoms with Crippen LogP contribution in [0.25, 0.3) is 17.0 Å². The van der Waals surface area contributed by atoms with E-state index in [0.717, 1.165) is 6.42 Å². The molecule has 0 fully saturated rings. The first kappa shape index (κ1) is 9.99. The number of hydrogen-bond donors (Lipinski definition) is 1. The zero-order chi connectivity index (χ0) is 10.7. The Labute approximate surface area is 90.0 Å². The third kappa shape index (κ3) is 2.10. The van der Waals surface area contributed by atoms with Crippen LogP contribution in [0, 0.1) is 0 Å².